The predicted molar refractivity (Wildman–Crippen MR) is 58.5 cm³/mol. The minimum absolute atomic E-state index is 0.187. The topological polar surface area (TPSA) is 68.0 Å². The third-order valence-corrected chi connectivity index (χ3v) is 3.06. The summed E-state index contributed by atoms with van der Waals surface area (Å²) in [5.74, 6) is -0.994. The van der Waals surface area contributed by atoms with Crippen LogP contribution in [0.3, 0.4) is 0 Å². The number of aryl methyl sites for hydroxylation is 1. The van der Waals surface area contributed by atoms with E-state index in [1.807, 2.05) is 0 Å². The highest BCUT2D eigenvalue weighted by molar-refractivity contribution is 7.99. The fourth-order valence-corrected chi connectivity index (χ4v) is 2.31. The van der Waals surface area contributed by atoms with Crippen molar-refractivity contribution < 1.29 is 23.1 Å². The molecule has 0 saturated heterocycles. The first-order valence-electron chi connectivity index (χ1n) is 5.03. The van der Waals surface area contributed by atoms with Crippen molar-refractivity contribution in [3.05, 3.63) is 5.82 Å². The van der Waals surface area contributed by atoms with Gasteiger partial charge in [-0.3, -0.25) is 4.79 Å². The number of alkyl halides is 3. The molecule has 1 aromatic rings. The van der Waals surface area contributed by atoms with Gasteiger partial charge in [0.05, 0.1) is 12.2 Å². The summed E-state index contributed by atoms with van der Waals surface area (Å²) in [4.78, 5) is 10.4. The van der Waals surface area contributed by atoms with Crippen LogP contribution in [0.1, 0.15) is 25.2 Å². The summed E-state index contributed by atoms with van der Waals surface area (Å²) in [7, 11) is 0. The maximum atomic E-state index is 12.3. The third-order valence-electron chi connectivity index (χ3n) is 2.13. The molecule has 1 heterocycles. The summed E-state index contributed by atoms with van der Waals surface area (Å²) >= 11 is 0.853. The van der Waals surface area contributed by atoms with E-state index < -0.39 is 24.6 Å². The molecule has 0 radical (unpaired) electrons. The van der Waals surface area contributed by atoms with Crippen molar-refractivity contribution in [1.29, 1.82) is 0 Å². The molecule has 1 atom stereocenters. The molecule has 1 rings (SSSR count). The van der Waals surface area contributed by atoms with E-state index in [1.165, 1.54) is 18.4 Å². The Balaban J connectivity index is 2.86. The highest BCUT2D eigenvalue weighted by Crippen LogP contribution is 2.30. The molecule has 0 fully saturated rings. The second-order valence-electron chi connectivity index (χ2n) is 3.75. The molecule has 0 aromatic carbocycles. The zero-order valence-electron chi connectivity index (χ0n) is 9.73. The van der Waals surface area contributed by atoms with Gasteiger partial charge in [-0.1, -0.05) is 11.8 Å². The summed E-state index contributed by atoms with van der Waals surface area (Å²) < 4.78 is 38.3. The average molecular weight is 283 g/mol. The van der Waals surface area contributed by atoms with Crippen LogP contribution in [0.15, 0.2) is 5.16 Å². The Morgan fingerprint density at radius 2 is 2.11 bits per heavy atom. The Labute approximate surface area is 105 Å². The van der Waals surface area contributed by atoms with Crippen LogP contribution in [0.4, 0.5) is 13.2 Å². The first kappa shape index (κ1) is 14.8. The lowest BCUT2D eigenvalue weighted by atomic mass is 10.2. The molecule has 0 aliphatic carbocycles. The molecule has 0 amide bonds. The first-order chi connectivity index (χ1) is 8.20. The third kappa shape index (κ3) is 4.21. The number of hydrogen-bond acceptors (Lipinski definition) is 4. The minimum Gasteiger partial charge on any atom is -0.481 e. The van der Waals surface area contributed by atoms with Gasteiger partial charge in [0.2, 0.25) is 0 Å². The van der Waals surface area contributed by atoms with Crippen molar-refractivity contribution in [1.82, 2.24) is 14.8 Å². The molecule has 5 nitrogen and oxygen atoms in total. The largest absolute Gasteiger partial charge is 0.481 e. The van der Waals surface area contributed by atoms with E-state index in [-0.39, 0.29) is 10.9 Å². The van der Waals surface area contributed by atoms with E-state index in [2.05, 4.69) is 10.2 Å². The molecular weight excluding hydrogens is 271 g/mol. The van der Waals surface area contributed by atoms with Gasteiger partial charge in [0, 0.05) is 6.04 Å². The number of hydrogen-bond donors (Lipinski definition) is 1. The maximum Gasteiger partial charge on any atom is 0.391 e. The van der Waals surface area contributed by atoms with Gasteiger partial charge in [0.15, 0.2) is 5.16 Å². The second kappa shape index (κ2) is 5.59. The highest BCUT2D eigenvalue weighted by atomic mass is 32.2. The maximum absolute atomic E-state index is 12.3. The van der Waals surface area contributed by atoms with Gasteiger partial charge in [-0.05, 0) is 13.8 Å². The summed E-state index contributed by atoms with van der Waals surface area (Å²) in [6.07, 6.45) is -5.29. The monoisotopic (exact) mass is 283 g/mol. The number of carboxylic acid groups (broad SMARTS) is 1. The number of nitrogens with zero attached hydrogens (tertiary/aromatic N) is 3. The van der Waals surface area contributed by atoms with E-state index >= 15 is 0 Å². The van der Waals surface area contributed by atoms with E-state index in [0.717, 1.165) is 11.8 Å². The highest BCUT2D eigenvalue weighted by Gasteiger charge is 2.32. The average Bonchev–Trinajstić information content (AvgIpc) is 2.53. The van der Waals surface area contributed by atoms with Gasteiger partial charge in [-0.25, -0.2) is 0 Å². The Kier molecular flexibility index (Phi) is 4.60. The van der Waals surface area contributed by atoms with Crippen LogP contribution in [0.5, 0.6) is 0 Å². The second-order valence-corrected chi connectivity index (χ2v) is 4.69. The zero-order valence-corrected chi connectivity index (χ0v) is 10.5. The van der Waals surface area contributed by atoms with E-state index in [1.54, 1.807) is 0 Å². The standard InChI is InChI=1S/C9H12F3N3O2S/c1-5(3-9(10,11)12)15-6(2)13-14-8(15)18-4-7(16)17/h5H,3-4H2,1-2H3,(H,16,17). The van der Waals surface area contributed by atoms with Crippen LogP contribution in [0.2, 0.25) is 0 Å². The molecule has 1 aromatic heterocycles. The van der Waals surface area contributed by atoms with Crippen LogP contribution >= 0.6 is 11.8 Å². The Morgan fingerprint density at radius 1 is 1.50 bits per heavy atom. The first-order valence-corrected chi connectivity index (χ1v) is 6.02. The number of thioether (sulfide) groups is 1. The lowest BCUT2D eigenvalue weighted by molar-refractivity contribution is -0.142. The molecule has 102 valence electrons. The Hall–Kier alpha value is -1.25. The van der Waals surface area contributed by atoms with Crippen molar-refractivity contribution in [2.75, 3.05) is 5.75 Å². The van der Waals surface area contributed by atoms with E-state index in [4.69, 9.17) is 5.11 Å². The number of rotatable bonds is 5. The number of carboxylic acids is 1. The van der Waals surface area contributed by atoms with Crippen LogP contribution in [-0.4, -0.2) is 37.8 Å². The normalized spacial score (nSPS) is 13.6. The molecule has 9 heteroatoms. The number of halogens is 3. The SMILES string of the molecule is Cc1nnc(SCC(=O)O)n1C(C)CC(F)(F)F. The molecule has 18 heavy (non-hydrogen) atoms. The summed E-state index contributed by atoms with van der Waals surface area (Å²) in [6.45, 7) is 2.93. The van der Waals surface area contributed by atoms with Crippen LogP contribution in [0, 0.1) is 6.92 Å². The van der Waals surface area contributed by atoms with Gasteiger partial charge < -0.3 is 9.67 Å². The number of aliphatic carboxylic acids is 1. The molecule has 0 spiro atoms. The van der Waals surface area contributed by atoms with E-state index in [0.29, 0.717) is 5.82 Å². The minimum atomic E-state index is -4.29. The fraction of sp³-hybridized carbons (Fsp3) is 0.667. The fourth-order valence-electron chi connectivity index (χ4n) is 1.51. The predicted octanol–water partition coefficient (Wildman–Crippen LogP) is 2.28. The molecule has 0 saturated carbocycles. The number of carbonyl (C=O) groups is 1. The summed E-state index contributed by atoms with van der Waals surface area (Å²) in [6, 6.07) is -0.865. The lowest BCUT2D eigenvalue weighted by Crippen LogP contribution is -2.18. The van der Waals surface area contributed by atoms with Gasteiger partial charge in [-0.2, -0.15) is 13.2 Å². The quantitative estimate of drug-likeness (QED) is 0.840. The zero-order chi connectivity index (χ0) is 13.9. The molecule has 0 aliphatic rings. The Morgan fingerprint density at radius 3 is 2.61 bits per heavy atom. The van der Waals surface area contributed by atoms with Crippen molar-refractivity contribution in [2.24, 2.45) is 0 Å². The van der Waals surface area contributed by atoms with Crippen LogP contribution < -0.4 is 0 Å². The van der Waals surface area contributed by atoms with Gasteiger partial charge in [0.1, 0.15) is 5.82 Å². The van der Waals surface area contributed by atoms with Crippen molar-refractivity contribution in [3.63, 3.8) is 0 Å². The molecule has 1 N–H and O–H groups in total. The smallest absolute Gasteiger partial charge is 0.391 e. The molecule has 0 bridgehead atoms. The molecule has 0 aliphatic heterocycles. The molecular formula is C9H12F3N3O2S. The van der Waals surface area contributed by atoms with Gasteiger partial charge in [-0.15, -0.1) is 10.2 Å². The molecule has 1 unspecified atom stereocenters. The van der Waals surface area contributed by atoms with Gasteiger partial charge >= 0.3 is 12.1 Å². The van der Waals surface area contributed by atoms with Crippen LogP contribution in [0.25, 0.3) is 0 Å². The summed E-state index contributed by atoms with van der Waals surface area (Å²) in [5, 5.41) is 16.1. The van der Waals surface area contributed by atoms with E-state index in [9.17, 15) is 18.0 Å². The van der Waals surface area contributed by atoms with Crippen molar-refractivity contribution >= 4 is 17.7 Å². The van der Waals surface area contributed by atoms with Crippen LogP contribution in [-0.2, 0) is 4.79 Å². The summed E-state index contributed by atoms with van der Waals surface area (Å²) in [5.41, 5.74) is 0. The van der Waals surface area contributed by atoms with Crippen molar-refractivity contribution in [3.8, 4) is 0 Å². The Bertz CT molecular complexity index is 433. The lowest BCUT2D eigenvalue weighted by Gasteiger charge is -2.18. The van der Waals surface area contributed by atoms with Gasteiger partial charge in [0.25, 0.3) is 0 Å². The van der Waals surface area contributed by atoms with Crippen molar-refractivity contribution in [2.45, 2.75) is 37.6 Å². The number of aromatic nitrogens is 3.